The van der Waals surface area contributed by atoms with Crippen LogP contribution in [0.2, 0.25) is 0 Å². The number of nitrogen functional groups attached to an aromatic ring is 1. The number of hydrogen-bond acceptors (Lipinski definition) is 8. The van der Waals surface area contributed by atoms with Crippen molar-refractivity contribution in [2.75, 3.05) is 41.7 Å². The van der Waals surface area contributed by atoms with Crippen LogP contribution < -0.4 is 15.5 Å². The van der Waals surface area contributed by atoms with Crippen LogP contribution in [0.15, 0.2) is 0 Å². The van der Waals surface area contributed by atoms with Gasteiger partial charge in [0.2, 0.25) is 17.6 Å². The summed E-state index contributed by atoms with van der Waals surface area (Å²) in [7, 11) is 0. The molecule has 0 saturated carbocycles. The fraction of sp³-hybridized carbons (Fsp3) is 0.750. The Labute approximate surface area is 147 Å². The summed E-state index contributed by atoms with van der Waals surface area (Å²) >= 11 is 0. The zero-order valence-electron chi connectivity index (χ0n) is 15.0. The zero-order valence-corrected chi connectivity index (χ0v) is 15.0. The van der Waals surface area contributed by atoms with Crippen molar-refractivity contribution in [1.82, 2.24) is 9.97 Å². The number of aromatic nitrogens is 2. The monoisotopic (exact) mass is 350 g/mol. The van der Waals surface area contributed by atoms with Crippen LogP contribution in [-0.2, 0) is 4.74 Å². The molecule has 25 heavy (non-hydrogen) atoms. The molecule has 0 bridgehead atoms. The van der Waals surface area contributed by atoms with E-state index < -0.39 is 4.92 Å². The molecular formula is C16H26N6O3. The molecule has 9 heteroatoms. The van der Waals surface area contributed by atoms with E-state index in [0.717, 1.165) is 25.9 Å². The second-order valence-corrected chi connectivity index (χ2v) is 7.19. The summed E-state index contributed by atoms with van der Waals surface area (Å²) in [5, 5.41) is 11.5. The van der Waals surface area contributed by atoms with Crippen molar-refractivity contribution in [3.63, 3.8) is 0 Å². The van der Waals surface area contributed by atoms with E-state index in [1.54, 1.807) is 0 Å². The highest BCUT2D eigenvalue weighted by Gasteiger charge is 2.32. The van der Waals surface area contributed by atoms with Gasteiger partial charge in [-0.3, -0.25) is 10.1 Å². The Morgan fingerprint density at radius 3 is 2.44 bits per heavy atom. The molecule has 2 saturated heterocycles. The maximum absolute atomic E-state index is 11.5. The Hall–Kier alpha value is -2.16. The number of nitrogens with two attached hydrogens (primary N) is 1. The molecule has 1 aromatic heterocycles. The molecule has 2 fully saturated rings. The highest BCUT2D eigenvalue weighted by Crippen LogP contribution is 2.35. The van der Waals surface area contributed by atoms with Gasteiger partial charge in [-0.25, -0.2) is 0 Å². The Balaban J connectivity index is 1.99. The fourth-order valence-electron chi connectivity index (χ4n) is 3.71. The van der Waals surface area contributed by atoms with Crippen LogP contribution in [0.25, 0.3) is 0 Å². The van der Waals surface area contributed by atoms with E-state index in [1.807, 2.05) is 23.6 Å². The van der Waals surface area contributed by atoms with E-state index in [2.05, 4.69) is 16.9 Å². The summed E-state index contributed by atoms with van der Waals surface area (Å²) in [6.07, 6.45) is 2.20. The van der Waals surface area contributed by atoms with E-state index in [4.69, 9.17) is 10.5 Å². The third-order valence-corrected chi connectivity index (χ3v) is 4.72. The summed E-state index contributed by atoms with van der Waals surface area (Å²) in [5.74, 6) is 1.18. The van der Waals surface area contributed by atoms with Crippen LogP contribution in [0.3, 0.4) is 0 Å². The molecule has 3 atom stereocenters. The van der Waals surface area contributed by atoms with Gasteiger partial charge in [0.25, 0.3) is 0 Å². The molecule has 138 valence electrons. The first-order valence-electron chi connectivity index (χ1n) is 8.82. The van der Waals surface area contributed by atoms with Crippen LogP contribution in [0.4, 0.5) is 23.3 Å². The minimum Gasteiger partial charge on any atom is -0.378 e. The van der Waals surface area contributed by atoms with Gasteiger partial charge in [0, 0.05) is 26.2 Å². The van der Waals surface area contributed by atoms with Gasteiger partial charge in [0.15, 0.2) is 0 Å². The molecule has 0 aromatic carbocycles. The molecular weight excluding hydrogens is 324 g/mol. The van der Waals surface area contributed by atoms with Crippen molar-refractivity contribution < 1.29 is 9.66 Å². The number of nitrogens with zero attached hydrogens (tertiary/aromatic N) is 5. The predicted molar refractivity (Wildman–Crippen MR) is 95.9 cm³/mol. The van der Waals surface area contributed by atoms with Crippen molar-refractivity contribution in [3.05, 3.63) is 10.1 Å². The van der Waals surface area contributed by atoms with Crippen molar-refractivity contribution in [2.24, 2.45) is 5.92 Å². The van der Waals surface area contributed by atoms with Gasteiger partial charge in [-0.2, -0.15) is 9.97 Å². The quantitative estimate of drug-likeness (QED) is 0.649. The normalized spacial score (nSPS) is 27.4. The minimum atomic E-state index is -0.474. The maximum Gasteiger partial charge on any atom is 0.353 e. The highest BCUT2D eigenvalue weighted by molar-refractivity contribution is 5.71. The van der Waals surface area contributed by atoms with Gasteiger partial charge in [-0.05, 0) is 32.6 Å². The van der Waals surface area contributed by atoms with Gasteiger partial charge >= 0.3 is 5.69 Å². The van der Waals surface area contributed by atoms with Crippen molar-refractivity contribution in [3.8, 4) is 0 Å². The molecule has 1 aromatic rings. The highest BCUT2D eigenvalue weighted by atomic mass is 16.6. The largest absolute Gasteiger partial charge is 0.378 e. The van der Waals surface area contributed by atoms with Crippen LogP contribution in [0.1, 0.15) is 33.6 Å². The predicted octanol–water partition coefficient (Wildman–Crippen LogP) is 1.82. The van der Waals surface area contributed by atoms with E-state index >= 15 is 0 Å². The number of piperidine rings is 1. The van der Waals surface area contributed by atoms with E-state index in [0.29, 0.717) is 30.8 Å². The average molecular weight is 350 g/mol. The smallest absolute Gasteiger partial charge is 0.353 e. The number of rotatable bonds is 3. The third-order valence-electron chi connectivity index (χ3n) is 4.72. The van der Waals surface area contributed by atoms with E-state index in [1.165, 1.54) is 0 Å². The number of nitro groups is 1. The molecule has 0 unspecified atom stereocenters. The molecule has 0 radical (unpaired) electrons. The number of hydrogen-bond donors (Lipinski definition) is 1. The average Bonchev–Trinajstić information content (AvgIpc) is 2.52. The standard InChI is InChI=1S/C16H26N6O3/c1-10-5-4-6-20(7-10)15-13(22(23)24)14(17)18-16(19-15)21-8-11(2)25-12(3)9-21/h10-12H,4-9H2,1-3H3,(H2,17,18,19)/t10-,11+,12+/m1/s1. The molecule has 9 nitrogen and oxygen atoms in total. The Morgan fingerprint density at radius 1 is 1.16 bits per heavy atom. The van der Waals surface area contributed by atoms with Crippen molar-refractivity contribution in [1.29, 1.82) is 0 Å². The van der Waals surface area contributed by atoms with Crippen LogP contribution in [0, 0.1) is 16.0 Å². The van der Waals surface area contributed by atoms with E-state index in [-0.39, 0.29) is 23.7 Å². The summed E-state index contributed by atoms with van der Waals surface area (Å²) in [6.45, 7) is 8.89. The molecule has 0 spiro atoms. The van der Waals surface area contributed by atoms with Gasteiger partial charge in [0.05, 0.1) is 17.1 Å². The Morgan fingerprint density at radius 2 is 1.84 bits per heavy atom. The molecule has 3 heterocycles. The lowest BCUT2D eigenvalue weighted by Gasteiger charge is -2.36. The lowest BCUT2D eigenvalue weighted by Crippen LogP contribution is -2.46. The molecule has 2 aliphatic rings. The second kappa shape index (κ2) is 6.99. The topological polar surface area (TPSA) is 111 Å². The lowest BCUT2D eigenvalue weighted by molar-refractivity contribution is -0.383. The van der Waals surface area contributed by atoms with Crippen molar-refractivity contribution in [2.45, 2.75) is 45.8 Å². The first kappa shape index (κ1) is 17.7. The first-order valence-corrected chi connectivity index (χ1v) is 8.82. The molecule has 2 N–H and O–H groups in total. The SMILES string of the molecule is C[C@@H]1CCCN(c2nc(N3C[C@H](C)O[C@@H](C)C3)nc(N)c2[N+](=O)[O-])C1. The molecule has 2 aliphatic heterocycles. The van der Waals surface area contributed by atoms with E-state index in [9.17, 15) is 10.1 Å². The third kappa shape index (κ3) is 3.76. The number of ether oxygens (including phenoxy) is 1. The molecule has 0 amide bonds. The second-order valence-electron chi connectivity index (χ2n) is 7.19. The fourth-order valence-corrected chi connectivity index (χ4v) is 3.71. The zero-order chi connectivity index (χ0) is 18.1. The summed E-state index contributed by atoms with van der Waals surface area (Å²) < 4.78 is 5.74. The minimum absolute atomic E-state index is 0.0437. The summed E-state index contributed by atoms with van der Waals surface area (Å²) in [4.78, 5) is 23.8. The van der Waals surface area contributed by atoms with Crippen LogP contribution >= 0.6 is 0 Å². The van der Waals surface area contributed by atoms with Crippen LogP contribution in [0.5, 0.6) is 0 Å². The maximum atomic E-state index is 11.5. The van der Waals surface area contributed by atoms with Crippen LogP contribution in [-0.4, -0.2) is 53.3 Å². The summed E-state index contributed by atoms with van der Waals surface area (Å²) in [6, 6.07) is 0. The number of anilines is 3. The number of morpholine rings is 1. The van der Waals surface area contributed by atoms with Gasteiger partial charge < -0.3 is 20.3 Å². The first-order chi connectivity index (χ1) is 11.8. The van der Waals surface area contributed by atoms with Crippen molar-refractivity contribution >= 4 is 23.3 Å². The molecule has 3 rings (SSSR count). The molecule has 0 aliphatic carbocycles. The Bertz CT molecular complexity index is 645. The van der Waals surface area contributed by atoms with Gasteiger partial charge in [0.1, 0.15) is 0 Å². The van der Waals surface area contributed by atoms with Gasteiger partial charge in [-0.1, -0.05) is 6.92 Å². The Kier molecular flexibility index (Phi) is 4.94. The summed E-state index contributed by atoms with van der Waals surface area (Å²) in [5.41, 5.74) is 5.78. The lowest BCUT2D eigenvalue weighted by atomic mass is 10.0. The van der Waals surface area contributed by atoms with Gasteiger partial charge in [-0.15, -0.1) is 0 Å².